The molecule has 0 N–H and O–H groups in total. The Kier molecular flexibility index (Phi) is 3.96. The van der Waals surface area contributed by atoms with E-state index < -0.39 is 5.97 Å². The minimum Gasteiger partial charge on any atom is -0.465 e. The largest absolute Gasteiger partial charge is 0.465 e. The minimum absolute atomic E-state index is 0.0698. The molecule has 0 fully saturated rings. The van der Waals surface area contributed by atoms with Gasteiger partial charge in [-0.05, 0) is 55.2 Å². The van der Waals surface area contributed by atoms with Crippen molar-refractivity contribution < 1.29 is 13.9 Å². The van der Waals surface area contributed by atoms with Crippen LogP contribution in [0, 0.1) is 6.92 Å². The second-order valence-corrected chi connectivity index (χ2v) is 6.53. The topological polar surface area (TPSA) is 56.5 Å². The smallest absolute Gasteiger partial charge is 0.337 e. The molecule has 26 heavy (non-hydrogen) atoms. The number of carbonyl (C=O) groups is 1. The minimum atomic E-state index is -0.466. The van der Waals surface area contributed by atoms with Crippen molar-refractivity contribution in [2.24, 2.45) is 0 Å². The first-order valence-electron chi connectivity index (χ1n) is 8.52. The summed E-state index contributed by atoms with van der Waals surface area (Å²) in [6.07, 6.45) is 3.49. The molecule has 130 valence electrons. The van der Waals surface area contributed by atoms with Gasteiger partial charge in [0.1, 0.15) is 11.3 Å². The van der Waals surface area contributed by atoms with Gasteiger partial charge in [-0.1, -0.05) is 29.8 Å². The van der Waals surface area contributed by atoms with E-state index in [1.165, 1.54) is 12.7 Å². The van der Waals surface area contributed by atoms with E-state index in [9.17, 15) is 9.59 Å². The van der Waals surface area contributed by atoms with Gasteiger partial charge >= 0.3 is 5.97 Å². The van der Waals surface area contributed by atoms with Crippen LogP contribution in [0.25, 0.3) is 22.6 Å². The van der Waals surface area contributed by atoms with Gasteiger partial charge in [-0.2, -0.15) is 0 Å². The number of benzene rings is 2. The number of carbonyl (C=O) groups excluding carboxylic acids is 1. The van der Waals surface area contributed by atoms with Crippen molar-refractivity contribution >= 4 is 28.6 Å². The molecule has 0 radical (unpaired) electrons. The fourth-order valence-corrected chi connectivity index (χ4v) is 3.44. The fourth-order valence-electron chi connectivity index (χ4n) is 3.44. The van der Waals surface area contributed by atoms with Crippen LogP contribution >= 0.6 is 0 Å². The second kappa shape index (κ2) is 6.30. The molecule has 0 saturated carbocycles. The lowest BCUT2D eigenvalue weighted by Crippen LogP contribution is -2.10. The average molecular weight is 346 g/mol. The molecular weight excluding hydrogens is 328 g/mol. The molecule has 4 rings (SSSR count). The van der Waals surface area contributed by atoms with Crippen LogP contribution in [0.1, 0.15) is 39.2 Å². The van der Waals surface area contributed by atoms with Gasteiger partial charge in [-0.15, -0.1) is 0 Å². The molecule has 3 aromatic rings. The van der Waals surface area contributed by atoms with Gasteiger partial charge in [-0.3, -0.25) is 4.79 Å². The molecule has 0 atom stereocenters. The molecule has 0 amide bonds. The van der Waals surface area contributed by atoms with Gasteiger partial charge in [0.05, 0.1) is 18.1 Å². The first kappa shape index (κ1) is 16.3. The molecule has 0 bridgehead atoms. The van der Waals surface area contributed by atoms with E-state index in [2.05, 4.69) is 25.1 Å². The van der Waals surface area contributed by atoms with Crippen molar-refractivity contribution in [3.05, 3.63) is 80.7 Å². The van der Waals surface area contributed by atoms with Crippen LogP contribution < -0.4 is 5.43 Å². The van der Waals surface area contributed by atoms with Gasteiger partial charge < -0.3 is 9.15 Å². The maximum atomic E-state index is 12.9. The molecule has 0 saturated heterocycles. The van der Waals surface area contributed by atoms with E-state index in [1.54, 1.807) is 18.2 Å². The third-order valence-corrected chi connectivity index (χ3v) is 4.72. The predicted molar refractivity (Wildman–Crippen MR) is 101 cm³/mol. The van der Waals surface area contributed by atoms with Gasteiger partial charge in [0, 0.05) is 5.56 Å². The molecule has 1 aliphatic carbocycles. The summed E-state index contributed by atoms with van der Waals surface area (Å²) in [5, 5.41) is 0.420. The van der Waals surface area contributed by atoms with Crippen molar-refractivity contribution in [3.63, 3.8) is 0 Å². The molecule has 4 nitrogen and oxygen atoms in total. The normalized spacial score (nSPS) is 14.6. The fraction of sp³-hybridized carbons (Fsp3) is 0.182. The van der Waals surface area contributed by atoms with Gasteiger partial charge in [0.2, 0.25) is 0 Å². The van der Waals surface area contributed by atoms with E-state index in [-0.39, 0.29) is 5.43 Å². The van der Waals surface area contributed by atoms with Crippen LogP contribution in [0.4, 0.5) is 0 Å². The lowest BCUT2D eigenvalue weighted by Gasteiger charge is -2.06. The van der Waals surface area contributed by atoms with Crippen LogP contribution in [0.15, 0.2) is 51.7 Å². The highest BCUT2D eigenvalue weighted by molar-refractivity contribution is 5.95. The zero-order valence-electron chi connectivity index (χ0n) is 14.7. The molecular formula is C22H18O4. The highest BCUT2D eigenvalue weighted by atomic mass is 16.5. The SMILES string of the molecule is COC(=O)c1ccc2oc3c(c(=O)c2c1)CCC3=Cc1cccc(C)c1. The standard InChI is InChI=1S/C22H18O4/c1-13-4-3-5-14(10-13)11-15-6-8-17-20(23)18-12-16(22(24)25-2)7-9-19(18)26-21(15)17/h3-5,7,9-12H,6,8H2,1-2H3. The lowest BCUT2D eigenvalue weighted by atomic mass is 10.1. The number of ether oxygens (including phenoxy) is 1. The number of methoxy groups -OCH3 is 1. The van der Waals surface area contributed by atoms with Crippen LogP contribution in [-0.2, 0) is 11.2 Å². The lowest BCUT2D eigenvalue weighted by molar-refractivity contribution is 0.0601. The first-order chi connectivity index (χ1) is 12.6. The van der Waals surface area contributed by atoms with Gasteiger partial charge in [0.15, 0.2) is 5.43 Å². The third-order valence-electron chi connectivity index (χ3n) is 4.72. The zero-order chi connectivity index (χ0) is 18.3. The number of hydrogen-bond acceptors (Lipinski definition) is 4. The second-order valence-electron chi connectivity index (χ2n) is 6.53. The van der Waals surface area contributed by atoms with Crippen molar-refractivity contribution in [3.8, 4) is 0 Å². The molecule has 0 aliphatic heterocycles. The molecule has 4 heteroatoms. The number of esters is 1. The van der Waals surface area contributed by atoms with Crippen LogP contribution in [0.3, 0.4) is 0 Å². The molecule has 1 heterocycles. The predicted octanol–water partition coefficient (Wildman–Crippen LogP) is 4.37. The zero-order valence-corrected chi connectivity index (χ0v) is 14.7. The summed E-state index contributed by atoms with van der Waals surface area (Å²) in [5.41, 5.74) is 4.75. The number of rotatable bonds is 2. The Morgan fingerprint density at radius 2 is 2.00 bits per heavy atom. The molecule has 2 aromatic carbocycles. The van der Waals surface area contributed by atoms with Crippen LogP contribution in [-0.4, -0.2) is 13.1 Å². The maximum Gasteiger partial charge on any atom is 0.337 e. The number of allylic oxidation sites excluding steroid dienone is 1. The van der Waals surface area contributed by atoms with E-state index in [0.29, 0.717) is 34.3 Å². The summed E-state index contributed by atoms with van der Waals surface area (Å²) in [4.78, 5) is 24.6. The summed E-state index contributed by atoms with van der Waals surface area (Å²) in [6, 6.07) is 13.0. The van der Waals surface area contributed by atoms with Crippen molar-refractivity contribution in [2.75, 3.05) is 7.11 Å². The molecule has 1 aliphatic rings. The van der Waals surface area contributed by atoms with Crippen LogP contribution in [0.2, 0.25) is 0 Å². The molecule has 1 aromatic heterocycles. The highest BCUT2D eigenvalue weighted by Gasteiger charge is 2.24. The molecule has 0 unspecified atom stereocenters. The molecule has 0 spiro atoms. The van der Waals surface area contributed by atoms with Crippen molar-refractivity contribution in [1.29, 1.82) is 0 Å². The monoisotopic (exact) mass is 346 g/mol. The Bertz CT molecular complexity index is 1120. The third kappa shape index (κ3) is 2.73. The summed E-state index contributed by atoms with van der Waals surface area (Å²) < 4.78 is 10.8. The number of hydrogen-bond donors (Lipinski definition) is 0. The summed E-state index contributed by atoms with van der Waals surface area (Å²) in [6.45, 7) is 2.05. The quantitative estimate of drug-likeness (QED) is 0.646. The Hall–Kier alpha value is -3.14. The number of aryl methyl sites for hydroxylation is 1. The maximum absolute atomic E-state index is 12.9. The van der Waals surface area contributed by atoms with E-state index in [1.807, 2.05) is 12.1 Å². The summed E-state index contributed by atoms with van der Waals surface area (Å²) >= 11 is 0. The van der Waals surface area contributed by atoms with Gasteiger partial charge in [-0.25, -0.2) is 4.79 Å². The Labute approximate surface area is 150 Å². The van der Waals surface area contributed by atoms with E-state index in [4.69, 9.17) is 9.15 Å². The average Bonchev–Trinajstić information content (AvgIpc) is 3.04. The van der Waals surface area contributed by atoms with Crippen molar-refractivity contribution in [1.82, 2.24) is 0 Å². The van der Waals surface area contributed by atoms with E-state index >= 15 is 0 Å². The summed E-state index contributed by atoms with van der Waals surface area (Å²) in [7, 11) is 1.32. The Balaban J connectivity index is 1.85. The Morgan fingerprint density at radius 1 is 1.15 bits per heavy atom. The van der Waals surface area contributed by atoms with Crippen LogP contribution in [0.5, 0.6) is 0 Å². The van der Waals surface area contributed by atoms with E-state index in [0.717, 1.165) is 17.6 Å². The summed E-state index contributed by atoms with van der Waals surface area (Å²) in [5.74, 6) is 0.196. The first-order valence-corrected chi connectivity index (χ1v) is 8.52. The Morgan fingerprint density at radius 3 is 2.77 bits per heavy atom. The van der Waals surface area contributed by atoms with Gasteiger partial charge in [0.25, 0.3) is 0 Å². The highest BCUT2D eigenvalue weighted by Crippen LogP contribution is 2.34. The van der Waals surface area contributed by atoms with Crippen molar-refractivity contribution in [2.45, 2.75) is 19.8 Å². The number of fused-ring (bicyclic) bond motifs is 2.